The molecule has 2 rings (SSSR count). The lowest BCUT2D eigenvalue weighted by Gasteiger charge is -2.04. The summed E-state index contributed by atoms with van der Waals surface area (Å²) in [6.45, 7) is 3.92. The molecule has 112 valence electrons. The lowest BCUT2D eigenvalue weighted by Crippen LogP contribution is -2.10. The molecule has 4 nitrogen and oxygen atoms in total. The fourth-order valence-corrected chi connectivity index (χ4v) is 2.12. The molecule has 0 aliphatic carbocycles. The zero-order chi connectivity index (χ0) is 16.1. The molecule has 0 heterocycles. The van der Waals surface area contributed by atoms with E-state index < -0.39 is 5.91 Å². The van der Waals surface area contributed by atoms with E-state index >= 15 is 0 Å². The molecule has 0 fully saturated rings. The van der Waals surface area contributed by atoms with Crippen LogP contribution in [0.15, 0.2) is 54.7 Å². The first-order chi connectivity index (χ1) is 10.5. The Labute approximate surface area is 129 Å². The van der Waals surface area contributed by atoms with Crippen molar-refractivity contribution >= 4 is 17.4 Å². The number of hydrogen-bond donors (Lipinski definition) is 2. The predicted molar refractivity (Wildman–Crippen MR) is 88.0 cm³/mol. The Morgan fingerprint density at radius 3 is 2.32 bits per heavy atom. The van der Waals surface area contributed by atoms with E-state index in [4.69, 9.17) is 5.73 Å². The Balaban J connectivity index is 2.02. The topological polar surface area (TPSA) is 72.2 Å². The molecule has 0 aromatic heterocycles. The number of carbonyl (C=O) groups is 2. The van der Waals surface area contributed by atoms with Gasteiger partial charge in [-0.1, -0.05) is 23.8 Å². The quantitative estimate of drug-likeness (QED) is 0.657. The van der Waals surface area contributed by atoms with E-state index in [0.29, 0.717) is 11.1 Å². The molecule has 0 aliphatic heterocycles. The normalized spacial score (nSPS) is 10.6. The first kappa shape index (κ1) is 15.5. The highest BCUT2D eigenvalue weighted by Crippen LogP contribution is 2.12. The standard InChI is InChI=1S/C18H18N2O2/c1-12-3-8-16(13(2)11-12)17(21)9-10-20-15-6-4-14(5-7-15)18(19)22/h3-11,20H,1-2H3,(H2,19,22). The maximum atomic E-state index is 12.1. The Morgan fingerprint density at radius 1 is 1.05 bits per heavy atom. The largest absolute Gasteiger partial charge is 0.366 e. The highest BCUT2D eigenvalue weighted by atomic mass is 16.1. The SMILES string of the molecule is Cc1ccc(C(=O)C=CNc2ccc(C(N)=O)cc2)c(C)c1. The molecule has 0 radical (unpaired) electrons. The van der Waals surface area contributed by atoms with Gasteiger partial charge in [0.25, 0.3) is 0 Å². The fourth-order valence-electron chi connectivity index (χ4n) is 2.12. The summed E-state index contributed by atoms with van der Waals surface area (Å²) in [5, 5.41) is 2.99. The molecule has 0 atom stereocenters. The maximum Gasteiger partial charge on any atom is 0.248 e. The highest BCUT2D eigenvalue weighted by Gasteiger charge is 2.05. The minimum absolute atomic E-state index is 0.0567. The number of rotatable bonds is 5. The first-order valence-electron chi connectivity index (χ1n) is 6.92. The number of allylic oxidation sites excluding steroid dienone is 1. The Kier molecular flexibility index (Phi) is 4.73. The Morgan fingerprint density at radius 2 is 1.73 bits per heavy atom. The van der Waals surface area contributed by atoms with E-state index in [0.717, 1.165) is 16.8 Å². The Hall–Kier alpha value is -2.88. The third-order valence-electron chi connectivity index (χ3n) is 3.30. The summed E-state index contributed by atoms with van der Waals surface area (Å²) in [5.41, 5.74) is 9.17. The maximum absolute atomic E-state index is 12.1. The molecule has 0 aliphatic rings. The summed E-state index contributed by atoms with van der Waals surface area (Å²) in [6.07, 6.45) is 3.07. The van der Waals surface area contributed by atoms with Crippen LogP contribution in [0.2, 0.25) is 0 Å². The molecule has 1 amide bonds. The number of nitrogens with one attached hydrogen (secondary N) is 1. The van der Waals surface area contributed by atoms with Crippen LogP contribution in [0.3, 0.4) is 0 Å². The number of aryl methyl sites for hydroxylation is 2. The lowest BCUT2D eigenvalue weighted by atomic mass is 10.0. The summed E-state index contributed by atoms with van der Waals surface area (Å²) in [7, 11) is 0. The van der Waals surface area contributed by atoms with Crippen molar-refractivity contribution in [2.45, 2.75) is 13.8 Å². The van der Waals surface area contributed by atoms with Gasteiger partial charge in [0.1, 0.15) is 0 Å². The summed E-state index contributed by atoms with van der Waals surface area (Å²) >= 11 is 0. The molecule has 0 saturated carbocycles. The van der Waals surface area contributed by atoms with Crippen molar-refractivity contribution in [3.05, 3.63) is 77.0 Å². The smallest absolute Gasteiger partial charge is 0.248 e. The number of primary amides is 1. The molecule has 3 N–H and O–H groups in total. The van der Waals surface area contributed by atoms with Gasteiger partial charge in [-0.3, -0.25) is 9.59 Å². The molecule has 2 aromatic rings. The van der Waals surface area contributed by atoms with Crippen molar-refractivity contribution in [3.63, 3.8) is 0 Å². The third-order valence-corrected chi connectivity index (χ3v) is 3.30. The molecule has 0 unspecified atom stereocenters. The van der Waals surface area contributed by atoms with Crippen LogP contribution in [0, 0.1) is 13.8 Å². The van der Waals surface area contributed by atoms with Crippen molar-refractivity contribution in [3.8, 4) is 0 Å². The second-order valence-electron chi connectivity index (χ2n) is 5.10. The molecule has 0 bridgehead atoms. The molecule has 0 spiro atoms. The molecule has 2 aromatic carbocycles. The summed E-state index contributed by atoms with van der Waals surface area (Å²) in [5.74, 6) is -0.522. The molecule has 22 heavy (non-hydrogen) atoms. The van der Waals surface area contributed by atoms with E-state index in [2.05, 4.69) is 5.32 Å². The van der Waals surface area contributed by atoms with Gasteiger partial charge in [0.05, 0.1) is 0 Å². The van der Waals surface area contributed by atoms with Crippen molar-refractivity contribution in [2.75, 3.05) is 5.32 Å². The monoisotopic (exact) mass is 294 g/mol. The average molecular weight is 294 g/mol. The van der Waals surface area contributed by atoms with Gasteiger partial charge in [0.15, 0.2) is 5.78 Å². The highest BCUT2D eigenvalue weighted by molar-refractivity contribution is 6.05. The lowest BCUT2D eigenvalue weighted by molar-refractivity contribution is 0.0999. The van der Waals surface area contributed by atoms with Gasteiger partial charge in [-0.15, -0.1) is 0 Å². The van der Waals surface area contributed by atoms with Crippen LogP contribution in [-0.2, 0) is 0 Å². The van der Waals surface area contributed by atoms with Gasteiger partial charge in [0, 0.05) is 29.1 Å². The fraction of sp³-hybridized carbons (Fsp3) is 0.111. The number of amides is 1. The second-order valence-corrected chi connectivity index (χ2v) is 5.10. The van der Waals surface area contributed by atoms with Crippen molar-refractivity contribution < 1.29 is 9.59 Å². The summed E-state index contributed by atoms with van der Waals surface area (Å²) in [6, 6.07) is 12.5. The Bertz CT molecular complexity index is 731. The minimum atomic E-state index is -0.466. The van der Waals surface area contributed by atoms with Gasteiger partial charge in [-0.05, 0) is 43.7 Å². The average Bonchev–Trinajstić information content (AvgIpc) is 2.47. The number of carbonyl (C=O) groups excluding carboxylic acids is 2. The van der Waals surface area contributed by atoms with Crippen LogP contribution in [0.25, 0.3) is 0 Å². The van der Waals surface area contributed by atoms with Crippen LogP contribution in [-0.4, -0.2) is 11.7 Å². The zero-order valence-electron chi connectivity index (χ0n) is 12.6. The van der Waals surface area contributed by atoms with Crippen molar-refractivity contribution in [2.24, 2.45) is 5.73 Å². The molecule has 4 heteroatoms. The van der Waals surface area contributed by atoms with Gasteiger partial charge >= 0.3 is 0 Å². The van der Waals surface area contributed by atoms with E-state index in [-0.39, 0.29) is 5.78 Å². The second kappa shape index (κ2) is 6.72. The van der Waals surface area contributed by atoms with E-state index in [1.165, 1.54) is 6.08 Å². The predicted octanol–water partition coefficient (Wildman–Crippen LogP) is 3.21. The van der Waals surface area contributed by atoms with Gasteiger partial charge in [0.2, 0.25) is 5.91 Å². The van der Waals surface area contributed by atoms with Crippen LogP contribution >= 0.6 is 0 Å². The van der Waals surface area contributed by atoms with Gasteiger partial charge < -0.3 is 11.1 Å². The summed E-state index contributed by atoms with van der Waals surface area (Å²) < 4.78 is 0. The van der Waals surface area contributed by atoms with Crippen molar-refractivity contribution in [1.29, 1.82) is 0 Å². The van der Waals surface area contributed by atoms with Crippen LogP contribution in [0.4, 0.5) is 5.69 Å². The molecular weight excluding hydrogens is 276 g/mol. The number of anilines is 1. The number of ketones is 1. The number of benzene rings is 2. The van der Waals surface area contributed by atoms with E-state index in [1.807, 2.05) is 32.0 Å². The first-order valence-corrected chi connectivity index (χ1v) is 6.92. The van der Waals surface area contributed by atoms with Gasteiger partial charge in [-0.25, -0.2) is 0 Å². The van der Waals surface area contributed by atoms with E-state index in [9.17, 15) is 9.59 Å². The van der Waals surface area contributed by atoms with Crippen LogP contribution in [0.5, 0.6) is 0 Å². The van der Waals surface area contributed by atoms with Crippen LogP contribution < -0.4 is 11.1 Å². The third kappa shape index (κ3) is 3.82. The van der Waals surface area contributed by atoms with E-state index in [1.54, 1.807) is 30.5 Å². The minimum Gasteiger partial charge on any atom is -0.366 e. The molecule has 0 saturated heterocycles. The van der Waals surface area contributed by atoms with Crippen molar-refractivity contribution in [1.82, 2.24) is 0 Å². The zero-order valence-corrected chi connectivity index (χ0v) is 12.6. The summed E-state index contributed by atoms with van der Waals surface area (Å²) in [4.78, 5) is 23.1. The number of nitrogens with two attached hydrogens (primary N) is 1. The number of hydrogen-bond acceptors (Lipinski definition) is 3. The van der Waals surface area contributed by atoms with Gasteiger partial charge in [-0.2, -0.15) is 0 Å². The van der Waals surface area contributed by atoms with Crippen LogP contribution in [0.1, 0.15) is 31.8 Å². The molecular formula is C18H18N2O2.